The molecule has 1 aliphatic carbocycles. The molecule has 0 N–H and O–H groups in total. The van der Waals surface area contributed by atoms with Crippen molar-refractivity contribution in [3.63, 3.8) is 0 Å². The highest BCUT2D eigenvalue weighted by Gasteiger charge is 2.38. The SMILES string of the molecule is C1=C2c3ccccc3N(c3cccc(-c4ccccc4)c3)C2CCC1c1ccc2c(c1)c1ccccc1n2-c1nc(-c2ccccc2)c2ccccc2n1. The Bertz CT molecular complexity index is 2910. The van der Waals surface area contributed by atoms with Gasteiger partial charge in [-0.05, 0) is 77.6 Å². The monoisotopic (exact) mass is 692 g/mol. The average molecular weight is 693 g/mol. The maximum absolute atomic E-state index is 5.28. The molecule has 2 aromatic heterocycles. The fourth-order valence-corrected chi connectivity index (χ4v) is 9.00. The third kappa shape index (κ3) is 4.91. The first-order valence-corrected chi connectivity index (χ1v) is 18.9. The first kappa shape index (κ1) is 30.8. The molecule has 2 aliphatic rings. The predicted molar refractivity (Wildman–Crippen MR) is 224 cm³/mol. The number of rotatable bonds is 5. The van der Waals surface area contributed by atoms with Crippen molar-refractivity contribution in [3.05, 3.63) is 193 Å². The molecule has 0 spiro atoms. The van der Waals surface area contributed by atoms with Crippen molar-refractivity contribution in [1.82, 2.24) is 14.5 Å². The van der Waals surface area contributed by atoms with Gasteiger partial charge in [-0.3, -0.25) is 4.57 Å². The number of para-hydroxylation sites is 3. The third-order valence-corrected chi connectivity index (χ3v) is 11.5. The van der Waals surface area contributed by atoms with E-state index < -0.39 is 0 Å². The highest BCUT2D eigenvalue weighted by molar-refractivity contribution is 6.09. The van der Waals surface area contributed by atoms with Crippen LogP contribution < -0.4 is 4.90 Å². The molecule has 0 radical (unpaired) electrons. The molecule has 0 saturated heterocycles. The Hall–Kier alpha value is -6.78. The molecular formula is C50H36N4. The number of hydrogen-bond donors (Lipinski definition) is 0. The summed E-state index contributed by atoms with van der Waals surface area (Å²) in [6.45, 7) is 0. The maximum Gasteiger partial charge on any atom is 0.235 e. The molecule has 9 aromatic rings. The zero-order valence-corrected chi connectivity index (χ0v) is 29.7. The molecule has 7 aromatic carbocycles. The molecular weight excluding hydrogens is 657 g/mol. The number of benzene rings is 7. The molecule has 3 heterocycles. The molecule has 0 bridgehead atoms. The van der Waals surface area contributed by atoms with E-state index in [-0.39, 0.29) is 0 Å². The highest BCUT2D eigenvalue weighted by Crippen LogP contribution is 2.51. The van der Waals surface area contributed by atoms with Crippen molar-refractivity contribution in [2.24, 2.45) is 0 Å². The van der Waals surface area contributed by atoms with E-state index in [1.807, 2.05) is 6.07 Å². The molecule has 0 fully saturated rings. The van der Waals surface area contributed by atoms with Crippen LogP contribution in [0.15, 0.2) is 182 Å². The van der Waals surface area contributed by atoms with Crippen molar-refractivity contribution >= 4 is 49.7 Å². The second kappa shape index (κ2) is 12.4. The van der Waals surface area contributed by atoms with E-state index in [0.717, 1.165) is 46.0 Å². The summed E-state index contributed by atoms with van der Waals surface area (Å²) < 4.78 is 2.25. The van der Waals surface area contributed by atoms with Gasteiger partial charge in [-0.25, -0.2) is 9.97 Å². The van der Waals surface area contributed by atoms with Gasteiger partial charge in [-0.2, -0.15) is 0 Å². The topological polar surface area (TPSA) is 34.0 Å². The minimum Gasteiger partial charge on any atom is -0.333 e. The first-order chi connectivity index (χ1) is 26.8. The van der Waals surface area contributed by atoms with Crippen molar-refractivity contribution in [2.45, 2.75) is 24.8 Å². The number of hydrogen-bond acceptors (Lipinski definition) is 3. The molecule has 1 aliphatic heterocycles. The Balaban J connectivity index is 1.01. The fourth-order valence-electron chi connectivity index (χ4n) is 9.00. The molecule has 0 saturated carbocycles. The zero-order chi connectivity index (χ0) is 35.6. The second-order valence-electron chi connectivity index (χ2n) is 14.5. The summed E-state index contributed by atoms with van der Waals surface area (Å²) in [7, 11) is 0. The molecule has 11 rings (SSSR count). The van der Waals surface area contributed by atoms with Crippen LogP contribution in [0.1, 0.15) is 29.9 Å². The summed E-state index contributed by atoms with van der Waals surface area (Å²) in [6.07, 6.45) is 4.72. The van der Waals surface area contributed by atoms with Gasteiger partial charge in [0.05, 0.1) is 28.3 Å². The number of nitrogens with zero attached hydrogens (tertiary/aromatic N) is 4. The Morgan fingerprint density at radius 1 is 0.500 bits per heavy atom. The summed E-state index contributed by atoms with van der Waals surface area (Å²) in [5, 5.41) is 3.49. The van der Waals surface area contributed by atoms with Gasteiger partial charge in [0.2, 0.25) is 5.95 Å². The lowest BCUT2D eigenvalue weighted by molar-refractivity contribution is 0.609. The van der Waals surface area contributed by atoms with E-state index >= 15 is 0 Å². The van der Waals surface area contributed by atoms with Crippen LogP contribution >= 0.6 is 0 Å². The van der Waals surface area contributed by atoms with Crippen LogP contribution in [0, 0.1) is 0 Å². The van der Waals surface area contributed by atoms with Gasteiger partial charge in [0.15, 0.2) is 0 Å². The average Bonchev–Trinajstić information content (AvgIpc) is 3.76. The Morgan fingerprint density at radius 3 is 2.07 bits per heavy atom. The summed E-state index contributed by atoms with van der Waals surface area (Å²) >= 11 is 0. The quantitative estimate of drug-likeness (QED) is 0.180. The van der Waals surface area contributed by atoms with Crippen molar-refractivity contribution in [3.8, 4) is 28.3 Å². The molecule has 2 atom stereocenters. The first-order valence-electron chi connectivity index (χ1n) is 18.9. The van der Waals surface area contributed by atoms with Gasteiger partial charge in [0.1, 0.15) is 0 Å². The van der Waals surface area contributed by atoms with E-state index in [9.17, 15) is 0 Å². The van der Waals surface area contributed by atoms with Crippen molar-refractivity contribution in [1.29, 1.82) is 0 Å². The maximum atomic E-state index is 5.28. The Labute approximate surface area is 314 Å². The minimum atomic E-state index is 0.305. The van der Waals surface area contributed by atoms with Crippen LogP contribution in [0.3, 0.4) is 0 Å². The predicted octanol–water partition coefficient (Wildman–Crippen LogP) is 12.5. The highest BCUT2D eigenvalue weighted by atomic mass is 15.2. The number of aromatic nitrogens is 3. The van der Waals surface area contributed by atoms with E-state index in [1.165, 1.54) is 50.0 Å². The lowest BCUT2D eigenvalue weighted by atomic mass is 9.81. The number of anilines is 2. The summed E-state index contributed by atoms with van der Waals surface area (Å²) in [6, 6.07) is 63.5. The summed E-state index contributed by atoms with van der Waals surface area (Å²) in [5.74, 6) is 1.00. The zero-order valence-electron chi connectivity index (χ0n) is 29.7. The summed E-state index contributed by atoms with van der Waals surface area (Å²) in [5.41, 5.74) is 14.4. The molecule has 0 amide bonds. The van der Waals surface area contributed by atoms with Gasteiger partial charge >= 0.3 is 0 Å². The fraction of sp³-hybridized carbons (Fsp3) is 0.0800. The van der Waals surface area contributed by atoms with Crippen molar-refractivity contribution in [2.75, 3.05) is 4.90 Å². The number of fused-ring (bicyclic) bond motifs is 7. The van der Waals surface area contributed by atoms with E-state index in [1.54, 1.807) is 0 Å². The van der Waals surface area contributed by atoms with E-state index in [4.69, 9.17) is 9.97 Å². The smallest absolute Gasteiger partial charge is 0.235 e. The standard InChI is InChI=1S/C50H36N4/c1-3-14-33(15-4-1)35-18-13-19-38(30-35)53-45-24-11-8-20-39(45)42-31-36(26-28-47(42)53)37-27-29-48-43(32-37)40-21-9-12-25-46(40)54(48)50-51-44-23-10-7-22-41(44)49(52-50)34-16-5-2-6-17-34/h1-25,27,29-32,36,47H,26,28H2. The van der Waals surface area contributed by atoms with Crippen LogP contribution in [-0.4, -0.2) is 20.6 Å². The molecule has 256 valence electrons. The van der Waals surface area contributed by atoms with Gasteiger partial charge in [0.25, 0.3) is 0 Å². The third-order valence-electron chi connectivity index (χ3n) is 11.5. The van der Waals surface area contributed by atoms with E-state index in [2.05, 4.69) is 185 Å². The van der Waals surface area contributed by atoms with Crippen LogP contribution in [0.4, 0.5) is 11.4 Å². The van der Waals surface area contributed by atoms with Crippen molar-refractivity contribution < 1.29 is 0 Å². The molecule has 54 heavy (non-hydrogen) atoms. The second-order valence-corrected chi connectivity index (χ2v) is 14.5. The molecule has 4 nitrogen and oxygen atoms in total. The largest absolute Gasteiger partial charge is 0.333 e. The van der Waals surface area contributed by atoms with E-state index in [0.29, 0.717) is 17.9 Å². The van der Waals surface area contributed by atoms with Gasteiger partial charge < -0.3 is 4.90 Å². The van der Waals surface area contributed by atoms with Crippen LogP contribution in [0.5, 0.6) is 0 Å². The van der Waals surface area contributed by atoms with Crippen LogP contribution in [0.2, 0.25) is 0 Å². The minimum absolute atomic E-state index is 0.305. The Morgan fingerprint density at radius 2 is 1.20 bits per heavy atom. The van der Waals surface area contributed by atoms with Crippen LogP contribution in [-0.2, 0) is 0 Å². The van der Waals surface area contributed by atoms with Crippen LogP contribution in [0.25, 0.3) is 66.6 Å². The van der Waals surface area contributed by atoms with Gasteiger partial charge in [-0.15, -0.1) is 0 Å². The lowest BCUT2D eigenvalue weighted by Crippen LogP contribution is -2.29. The van der Waals surface area contributed by atoms with Gasteiger partial charge in [-0.1, -0.05) is 140 Å². The number of allylic oxidation sites excluding steroid dienone is 1. The normalized spacial score (nSPS) is 16.4. The molecule has 4 heteroatoms. The lowest BCUT2D eigenvalue weighted by Gasteiger charge is -2.32. The summed E-state index contributed by atoms with van der Waals surface area (Å²) in [4.78, 5) is 13.0. The molecule has 2 unspecified atom stereocenters. The van der Waals surface area contributed by atoms with Gasteiger partial charge in [0, 0.05) is 44.6 Å². The Kier molecular flexibility index (Phi) is 7.09.